The fraction of sp³-hybridized carbons (Fsp3) is 0.846. The van der Waals surface area contributed by atoms with E-state index in [0.29, 0.717) is 5.92 Å². The van der Waals surface area contributed by atoms with Crippen molar-refractivity contribution in [2.24, 2.45) is 11.8 Å². The summed E-state index contributed by atoms with van der Waals surface area (Å²) in [4.78, 5) is 0. The van der Waals surface area contributed by atoms with E-state index in [0.717, 1.165) is 18.8 Å². The SMILES string of the molecule is C=C(CC)CC(O)C1CCCC(C)C1. The molecule has 14 heavy (non-hydrogen) atoms. The van der Waals surface area contributed by atoms with Crippen molar-refractivity contribution < 1.29 is 5.11 Å². The summed E-state index contributed by atoms with van der Waals surface area (Å²) in [5.74, 6) is 1.33. The average Bonchev–Trinajstić information content (AvgIpc) is 2.17. The summed E-state index contributed by atoms with van der Waals surface area (Å²) in [5.41, 5.74) is 1.19. The second-order valence-electron chi connectivity index (χ2n) is 4.91. The van der Waals surface area contributed by atoms with E-state index in [1.165, 1.54) is 31.3 Å². The molecule has 1 nitrogen and oxygen atoms in total. The van der Waals surface area contributed by atoms with Gasteiger partial charge in [0.05, 0.1) is 6.10 Å². The van der Waals surface area contributed by atoms with Gasteiger partial charge in [-0.3, -0.25) is 0 Å². The minimum absolute atomic E-state index is 0.134. The second-order valence-corrected chi connectivity index (χ2v) is 4.91. The van der Waals surface area contributed by atoms with Crippen molar-refractivity contribution in [3.8, 4) is 0 Å². The molecule has 3 atom stereocenters. The van der Waals surface area contributed by atoms with Gasteiger partial charge in [-0.15, -0.1) is 0 Å². The quantitative estimate of drug-likeness (QED) is 0.682. The van der Waals surface area contributed by atoms with Gasteiger partial charge >= 0.3 is 0 Å². The van der Waals surface area contributed by atoms with Crippen LogP contribution in [0.3, 0.4) is 0 Å². The smallest absolute Gasteiger partial charge is 0.0605 e. The third kappa shape index (κ3) is 3.45. The van der Waals surface area contributed by atoms with Gasteiger partial charge in [0.1, 0.15) is 0 Å². The Morgan fingerprint density at radius 1 is 1.50 bits per heavy atom. The third-order valence-corrected chi connectivity index (χ3v) is 3.52. The Kier molecular flexibility index (Phi) is 4.67. The van der Waals surface area contributed by atoms with E-state index in [2.05, 4.69) is 20.4 Å². The number of hydrogen-bond acceptors (Lipinski definition) is 1. The van der Waals surface area contributed by atoms with Crippen molar-refractivity contribution in [1.29, 1.82) is 0 Å². The molecule has 1 saturated carbocycles. The van der Waals surface area contributed by atoms with Crippen LogP contribution in [0.25, 0.3) is 0 Å². The fourth-order valence-corrected chi connectivity index (χ4v) is 2.44. The number of hydrogen-bond donors (Lipinski definition) is 1. The molecular weight excluding hydrogens is 172 g/mol. The summed E-state index contributed by atoms with van der Waals surface area (Å²) < 4.78 is 0. The summed E-state index contributed by atoms with van der Waals surface area (Å²) in [6, 6.07) is 0. The Morgan fingerprint density at radius 3 is 2.79 bits per heavy atom. The lowest BCUT2D eigenvalue weighted by Gasteiger charge is -2.30. The number of aliphatic hydroxyl groups is 1. The van der Waals surface area contributed by atoms with Crippen molar-refractivity contribution in [2.75, 3.05) is 0 Å². The summed E-state index contributed by atoms with van der Waals surface area (Å²) >= 11 is 0. The van der Waals surface area contributed by atoms with Gasteiger partial charge in [-0.05, 0) is 37.5 Å². The van der Waals surface area contributed by atoms with E-state index < -0.39 is 0 Å². The highest BCUT2D eigenvalue weighted by atomic mass is 16.3. The first-order chi connectivity index (χ1) is 6.63. The van der Waals surface area contributed by atoms with Crippen LogP contribution in [0, 0.1) is 11.8 Å². The first-order valence-electron chi connectivity index (χ1n) is 5.98. The molecule has 0 heterocycles. The zero-order chi connectivity index (χ0) is 10.6. The lowest BCUT2D eigenvalue weighted by molar-refractivity contribution is 0.0716. The van der Waals surface area contributed by atoms with E-state index in [1.807, 2.05) is 0 Å². The van der Waals surface area contributed by atoms with Crippen molar-refractivity contribution in [3.05, 3.63) is 12.2 Å². The lowest BCUT2D eigenvalue weighted by Crippen LogP contribution is -2.26. The summed E-state index contributed by atoms with van der Waals surface area (Å²) in [5, 5.41) is 10.0. The van der Waals surface area contributed by atoms with Gasteiger partial charge in [0.2, 0.25) is 0 Å². The zero-order valence-corrected chi connectivity index (χ0v) is 9.63. The molecule has 0 radical (unpaired) electrons. The molecule has 0 aromatic heterocycles. The maximum atomic E-state index is 10.0. The molecule has 0 spiro atoms. The molecule has 0 aromatic rings. The Balaban J connectivity index is 2.35. The third-order valence-electron chi connectivity index (χ3n) is 3.52. The predicted octanol–water partition coefficient (Wildman–Crippen LogP) is 3.53. The molecule has 0 amide bonds. The highest BCUT2D eigenvalue weighted by molar-refractivity contribution is 4.96. The summed E-state index contributed by atoms with van der Waals surface area (Å²) in [6.07, 6.45) is 6.73. The van der Waals surface area contributed by atoms with Crippen molar-refractivity contribution in [3.63, 3.8) is 0 Å². The van der Waals surface area contributed by atoms with Crippen LogP contribution in [0.5, 0.6) is 0 Å². The molecule has 0 bridgehead atoms. The summed E-state index contributed by atoms with van der Waals surface area (Å²) in [7, 11) is 0. The molecule has 82 valence electrons. The van der Waals surface area contributed by atoms with Gasteiger partial charge < -0.3 is 5.11 Å². The predicted molar refractivity (Wildman–Crippen MR) is 61.2 cm³/mol. The summed E-state index contributed by atoms with van der Waals surface area (Å²) in [6.45, 7) is 8.38. The minimum atomic E-state index is -0.134. The van der Waals surface area contributed by atoms with Crippen LogP contribution in [0.4, 0.5) is 0 Å². The van der Waals surface area contributed by atoms with Gasteiger partial charge in [-0.25, -0.2) is 0 Å². The number of aliphatic hydroxyl groups excluding tert-OH is 1. The fourth-order valence-electron chi connectivity index (χ4n) is 2.44. The van der Waals surface area contributed by atoms with Gasteiger partial charge in [0, 0.05) is 0 Å². The monoisotopic (exact) mass is 196 g/mol. The van der Waals surface area contributed by atoms with E-state index in [-0.39, 0.29) is 6.10 Å². The van der Waals surface area contributed by atoms with Crippen LogP contribution in [-0.4, -0.2) is 11.2 Å². The maximum absolute atomic E-state index is 10.0. The van der Waals surface area contributed by atoms with Crippen LogP contribution in [0.15, 0.2) is 12.2 Å². The van der Waals surface area contributed by atoms with Crippen molar-refractivity contribution >= 4 is 0 Å². The average molecular weight is 196 g/mol. The Bertz CT molecular complexity index is 186. The molecule has 1 aliphatic carbocycles. The van der Waals surface area contributed by atoms with Crippen LogP contribution in [-0.2, 0) is 0 Å². The molecule has 3 unspecified atom stereocenters. The Labute approximate surface area is 88.2 Å². The van der Waals surface area contributed by atoms with E-state index in [9.17, 15) is 5.11 Å². The minimum Gasteiger partial charge on any atom is -0.393 e. The molecule has 1 heteroatoms. The first kappa shape index (κ1) is 11.8. The molecule has 1 aliphatic rings. The van der Waals surface area contributed by atoms with Gasteiger partial charge in [-0.2, -0.15) is 0 Å². The number of rotatable bonds is 4. The van der Waals surface area contributed by atoms with Crippen molar-refractivity contribution in [2.45, 2.75) is 58.5 Å². The van der Waals surface area contributed by atoms with Crippen LogP contribution < -0.4 is 0 Å². The normalized spacial score (nSPS) is 29.9. The second kappa shape index (κ2) is 5.55. The van der Waals surface area contributed by atoms with Crippen LogP contribution in [0.2, 0.25) is 0 Å². The highest BCUT2D eigenvalue weighted by Gasteiger charge is 2.25. The maximum Gasteiger partial charge on any atom is 0.0605 e. The first-order valence-corrected chi connectivity index (χ1v) is 5.98. The Hall–Kier alpha value is -0.300. The van der Waals surface area contributed by atoms with E-state index in [1.54, 1.807) is 0 Å². The van der Waals surface area contributed by atoms with E-state index in [4.69, 9.17) is 0 Å². The Morgan fingerprint density at radius 2 is 2.21 bits per heavy atom. The molecule has 1 N–H and O–H groups in total. The van der Waals surface area contributed by atoms with Crippen LogP contribution >= 0.6 is 0 Å². The molecule has 0 saturated heterocycles. The van der Waals surface area contributed by atoms with Gasteiger partial charge in [0.25, 0.3) is 0 Å². The van der Waals surface area contributed by atoms with Crippen molar-refractivity contribution in [1.82, 2.24) is 0 Å². The zero-order valence-electron chi connectivity index (χ0n) is 9.63. The van der Waals surface area contributed by atoms with Gasteiger partial charge in [0.15, 0.2) is 0 Å². The molecule has 0 aliphatic heterocycles. The lowest BCUT2D eigenvalue weighted by atomic mass is 9.78. The van der Waals surface area contributed by atoms with Crippen LogP contribution in [0.1, 0.15) is 52.4 Å². The molecule has 1 fully saturated rings. The van der Waals surface area contributed by atoms with Gasteiger partial charge in [-0.1, -0.05) is 38.8 Å². The molecular formula is C13H24O. The van der Waals surface area contributed by atoms with E-state index >= 15 is 0 Å². The standard InChI is InChI=1S/C13H24O/c1-4-10(2)9-13(14)12-7-5-6-11(3)8-12/h11-14H,2,4-9H2,1,3H3. The highest BCUT2D eigenvalue weighted by Crippen LogP contribution is 2.32. The molecule has 1 rings (SSSR count). The largest absolute Gasteiger partial charge is 0.393 e. The molecule has 0 aromatic carbocycles. The topological polar surface area (TPSA) is 20.2 Å².